The van der Waals surface area contributed by atoms with E-state index >= 15 is 0 Å². The van der Waals surface area contributed by atoms with Crippen LogP contribution in [0.4, 0.5) is 11.4 Å². The van der Waals surface area contributed by atoms with Gasteiger partial charge in [-0.05, 0) is 45.2 Å². The molecule has 6 aromatic carbocycles. The average molecular weight is 452 g/mol. The Hall–Kier alpha value is -4.36. The van der Waals surface area contributed by atoms with Gasteiger partial charge in [-0.15, -0.1) is 0 Å². The molecule has 1 nitrogen and oxygen atoms in total. The van der Waals surface area contributed by atoms with E-state index in [1.54, 1.807) is 0 Å². The summed E-state index contributed by atoms with van der Waals surface area (Å²) in [5.41, 5.74) is 7.20. The minimum Gasteiger partial charge on any atom is -0.355 e. The van der Waals surface area contributed by atoms with Gasteiger partial charge < -0.3 is 5.32 Å². The number of hydrogen-bond acceptors (Lipinski definition) is 1. The molecule has 0 aliphatic heterocycles. The quantitative estimate of drug-likeness (QED) is 0.281. The van der Waals surface area contributed by atoms with E-state index in [0.29, 0.717) is 0 Å². The molecule has 0 aliphatic carbocycles. The molecular weight excluding hydrogens is 422 g/mol. The molecule has 170 valence electrons. The van der Waals surface area contributed by atoms with Gasteiger partial charge in [0.2, 0.25) is 0 Å². The molecule has 0 amide bonds. The summed E-state index contributed by atoms with van der Waals surface area (Å²) < 4.78 is 0. The van der Waals surface area contributed by atoms with Gasteiger partial charge in [-0.25, -0.2) is 0 Å². The second-order valence-corrected chi connectivity index (χ2v) is 8.27. The Labute approximate surface area is 207 Å². The molecule has 1 N–H and O–H groups in total. The molecule has 0 saturated heterocycles. The van der Waals surface area contributed by atoms with E-state index in [-0.39, 0.29) is 0 Å². The molecule has 0 unspecified atom stereocenters. The van der Waals surface area contributed by atoms with E-state index in [1.807, 2.05) is 13.8 Å². The first-order valence-corrected chi connectivity index (χ1v) is 12.3. The van der Waals surface area contributed by atoms with Crippen LogP contribution < -0.4 is 5.32 Å². The third-order valence-corrected chi connectivity index (χ3v) is 6.29. The average Bonchev–Trinajstić information content (AvgIpc) is 2.95. The van der Waals surface area contributed by atoms with Crippen LogP contribution >= 0.6 is 0 Å². The first-order chi connectivity index (χ1) is 17.4. The second kappa shape index (κ2) is 10.3. The SMILES string of the molecule is CC.c1ccc(-c2ccc(Nc3ccc(-c4ccccc4)c4ccccc34)c3ccccc23)cc1. The van der Waals surface area contributed by atoms with Crippen molar-refractivity contribution in [2.75, 3.05) is 5.32 Å². The molecule has 0 aromatic heterocycles. The van der Waals surface area contributed by atoms with Gasteiger partial charge in [-0.1, -0.05) is 135 Å². The van der Waals surface area contributed by atoms with Crippen LogP contribution in [0.3, 0.4) is 0 Å². The fraction of sp³-hybridized carbons (Fsp3) is 0.0588. The summed E-state index contributed by atoms with van der Waals surface area (Å²) in [7, 11) is 0. The van der Waals surface area contributed by atoms with Gasteiger partial charge in [0.15, 0.2) is 0 Å². The first kappa shape index (κ1) is 22.4. The maximum Gasteiger partial charge on any atom is 0.0464 e. The number of hydrogen-bond donors (Lipinski definition) is 1. The van der Waals surface area contributed by atoms with Crippen molar-refractivity contribution in [1.82, 2.24) is 0 Å². The van der Waals surface area contributed by atoms with Gasteiger partial charge in [-0.2, -0.15) is 0 Å². The van der Waals surface area contributed by atoms with Gasteiger partial charge in [0.1, 0.15) is 0 Å². The highest BCUT2D eigenvalue weighted by Gasteiger charge is 2.11. The molecule has 0 heterocycles. The standard InChI is InChI=1S/C32H23N.C2H6/c1-3-11-23(12-4-1)25-19-21-31(29-17-9-7-15-27(25)29)33-32-22-20-26(24-13-5-2-6-14-24)28-16-8-10-18-30(28)32;1-2/h1-22,33H;1-2H3. The minimum absolute atomic E-state index is 1.11. The summed E-state index contributed by atoms with van der Waals surface area (Å²) in [6.07, 6.45) is 0. The zero-order valence-electron chi connectivity index (χ0n) is 20.2. The lowest BCUT2D eigenvalue weighted by Gasteiger charge is -2.16. The van der Waals surface area contributed by atoms with E-state index in [1.165, 1.54) is 43.8 Å². The molecule has 0 saturated carbocycles. The normalized spacial score (nSPS) is 10.6. The molecule has 6 aromatic rings. The molecule has 1 heteroatoms. The fourth-order valence-electron chi connectivity index (χ4n) is 4.70. The van der Waals surface area contributed by atoms with Crippen LogP contribution in [0.2, 0.25) is 0 Å². The van der Waals surface area contributed by atoms with Crippen molar-refractivity contribution in [3.63, 3.8) is 0 Å². The molecule has 0 aliphatic rings. The number of benzene rings is 6. The molecule has 6 rings (SSSR count). The van der Waals surface area contributed by atoms with Crippen LogP contribution in [-0.4, -0.2) is 0 Å². The first-order valence-electron chi connectivity index (χ1n) is 12.3. The predicted octanol–water partition coefficient (Wildman–Crippen LogP) is 10.1. The summed E-state index contributed by atoms with van der Waals surface area (Å²) in [5.74, 6) is 0. The maximum atomic E-state index is 3.75. The van der Waals surface area contributed by atoms with Crippen molar-refractivity contribution in [2.24, 2.45) is 0 Å². The van der Waals surface area contributed by atoms with Crippen molar-refractivity contribution in [1.29, 1.82) is 0 Å². The molecule has 0 atom stereocenters. The Morgan fingerprint density at radius 3 is 1.09 bits per heavy atom. The maximum absolute atomic E-state index is 3.75. The Morgan fingerprint density at radius 1 is 0.343 bits per heavy atom. The van der Waals surface area contributed by atoms with Gasteiger partial charge in [0, 0.05) is 22.1 Å². The number of nitrogens with one attached hydrogen (secondary N) is 1. The van der Waals surface area contributed by atoms with Crippen LogP contribution in [0.15, 0.2) is 133 Å². The summed E-state index contributed by atoms with van der Waals surface area (Å²) in [5, 5.41) is 8.68. The van der Waals surface area contributed by atoms with E-state index in [4.69, 9.17) is 0 Å². The predicted molar refractivity (Wildman–Crippen MR) is 153 cm³/mol. The monoisotopic (exact) mass is 451 g/mol. The van der Waals surface area contributed by atoms with Crippen molar-refractivity contribution in [3.8, 4) is 22.3 Å². The van der Waals surface area contributed by atoms with Crippen LogP contribution in [0.25, 0.3) is 43.8 Å². The lowest BCUT2D eigenvalue weighted by atomic mass is 9.96. The Balaban J connectivity index is 0.00000124. The smallest absolute Gasteiger partial charge is 0.0464 e. The fourth-order valence-corrected chi connectivity index (χ4v) is 4.70. The van der Waals surface area contributed by atoms with Crippen molar-refractivity contribution < 1.29 is 0 Å². The zero-order chi connectivity index (χ0) is 24.0. The molecule has 0 spiro atoms. The second-order valence-electron chi connectivity index (χ2n) is 8.27. The summed E-state index contributed by atoms with van der Waals surface area (Å²) in [6.45, 7) is 4.00. The Kier molecular flexibility index (Phi) is 6.59. The lowest BCUT2D eigenvalue weighted by molar-refractivity contribution is 1.50. The molecule has 0 fully saturated rings. The largest absolute Gasteiger partial charge is 0.355 e. The van der Waals surface area contributed by atoms with Crippen LogP contribution in [0, 0.1) is 0 Å². The Morgan fingerprint density at radius 2 is 0.686 bits per heavy atom. The number of anilines is 2. The number of rotatable bonds is 4. The topological polar surface area (TPSA) is 12.0 Å². The summed E-state index contributed by atoms with van der Waals surface area (Å²) in [4.78, 5) is 0. The zero-order valence-corrected chi connectivity index (χ0v) is 20.2. The van der Waals surface area contributed by atoms with Gasteiger partial charge >= 0.3 is 0 Å². The van der Waals surface area contributed by atoms with E-state index < -0.39 is 0 Å². The van der Waals surface area contributed by atoms with Crippen LogP contribution in [-0.2, 0) is 0 Å². The highest BCUT2D eigenvalue weighted by Crippen LogP contribution is 2.38. The third-order valence-electron chi connectivity index (χ3n) is 6.29. The van der Waals surface area contributed by atoms with Gasteiger partial charge in [0.25, 0.3) is 0 Å². The van der Waals surface area contributed by atoms with Crippen LogP contribution in [0.1, 0.15) is 13.8 Å². The minimum atomic E-state index is 1.11. The molecule has 0 radical (unpaired) electrons. The van der Waals surface area contributed by atoms with Crippen molar-refractivity contribution >= 4 is 32.9 Å². The Bertz CT molecular complexity index is 1450. The highest BCUT2D eigenvalue weighted by molar-refractivity contribution is 6.08. The molecular formula is C34H29N. The molecule has 0 bridgehead atoms. The number of fused-ring (bicyclic) bond motifs is 2. The van der Waals surface area contributed by atoms with E-state index in [0.717, 1.165) is 11.4 Å². The van der Waals surface area contributed by atoms with Crippen LogP contribution in [0.5, 0.6) is 0 Å². The molecule has 35 heavy (non-hydrogen) atoms. The van der Waals surface area contributed by atoms with E-state index in [9.17, 15) is 0 Å². The highest BCUT2D eigenvalue weighted by atomic mass is 14.9. The van der Waals surface area contributed by atoms with Crippen molar-refractivity contribution in [2.45, 2.75) is 13.8 Å². The van der Waals surface area contributed by atoms with Crippen molar-refractivity contribution in [3.05, 3.63) is 133 Å². The summed E-state index contributed by atoms with van der Waals surface area (Å²) >= 11 is 0. The summed E-state index contributed by atoms with van der Waals surface area (Å²) in [6, 6.07) is 47.3. The third kappa shape index (κ3) is 4.41. The van der Waals surface area contributed by atoms with Gasteiger partial charge in [0.05, 0.1) is 0 Å². The van der Waals surface area contributed by atoms with E-state index in [2.05, 4.69) is 139 Å². The van der Waals surface area contributed by atoms with Gasteiger partial charge in [-0.3, -0.25) is 0 Å². The lowest BCUT2D eigenvalue weighted by Crippen LogP contribution is -1.95.